The minimum atomic E-state index is -2.60. The maximum absolute atomic E-state index is 12.7. The van der Waals surface area contributed by atoms with Gasteiger partial charge in [0.1, 0.15) is 18.2 Å². The van der Waals surface area contributed by atoms with Crippen LogP contribution in [-0.2, 0) is 13.1 Å². The molecule has 1 aromatic carbocycles. The Balaban J connectivity index is 2.00. The molecule has 1 aromatic heterocycles. The lowest BCUT2D eigenvalue weighted by Crippen LogP contribution is -2.17. The Morgan fingerprint density at radius 1 is 1.41 bits per heavy atom. The molecule has 4 nitrogen and oxygen atoms in total. The second kappa shape index (κ2) is 7.92. The SMILES string of the molecule is C#CCOc1ccc(Br)cc1CNCc1nccn1C(F)F. The summed E-state index contributed by atoms with van der Waals surface area (Å²) in [4.78, 5) is 3.91. The quantitative estimate of drug-likeness (QED) is 0.760. The van der Waals surface area contributed by atoms with E-state index in [1.54, 1.807) is 6.07 Å². The van der Waals surface area contributed by atoms with E-state index in [2.05, 4.69) is 32.2 Å². The van der Waals surface area contributed by atoms with Crippen molar-refractivity contribution in [3.05, 3.63) is 46.5 Å². The molecule has 22 heavy (non-hydrogen) atoms. The van der Waals surface area contributed by atoms with E-state index in [1.165, 1.54) is 12.4 Å². The van der Waals surface area contributed by atoms with Crippen molar-refractivity contribution in [2.45, 2.75) is 19.6 Å². The van der Waals surface area contributed by atoms with Crippen molar-refractivity contribution in [1.29, 1.82) is 0 Å². The molecular weight excluding hydrogens is 356 g/mol. The minimum absolute atomic E-state index is 0.171. The summed E-state index contributed by atoms with van der Waals surface area (Å²) in [7, 11) is 0. The van der Waals surface area contributed by atoms with Crippen LogP contribution in [0.15, 0.2) is 35.1 Å². The topological polar surface area (TPSA) is 39.1 Å². The van der Waals surface area contributed by atoms with Gasteiger partial charge in [-0.1, -0.05) is 21.9 Å². The molecule has 0 unspecified atom stereocenters. The van der Waals surface area contributed by atoms with Crippen molar-refractivity contribution >= 4 is 15.9 Å². The third-order valence-corrected chi connectivity index (χ3v) is 3.38. The number of aromatic nitrogens is 2. The molecule has 0 aliphatic rings. The molecule has 116 valence electrons. The molecule has 1 heterocycles. The van der Waals surface area contributed by atoms with Crippen LogP contribution in [0.4, 0.5) is 8.78 Å². The van der Waals surface area contributed by atoms with E-state index >= 15 is 0 Å². The van der Waals surface area contributed by atoms with Crippen molar-refractivity contribution in [1.82, 2.24) is 14.9 Å². The summed E-state index contributed by atoms with van der Waals surface area (Å²) in [6.45, 7) is -1.77. The molecule has 2 aromatic rings. The number of nitrogens with one attached hydrogen (secondary N) is 1. The van der Waals surface area contributed by atoms with Crippen LogP contribution in [0.25, 0.3) is 0 Å². The maximum Gasteiger partial charge on any atom is 0.319 e. The Hall–Kier alpha value is -1.91. The first kappa shape index (κ1) is 16.5. The van der Waals surface area contributed by atoms with Gasteiger partial charge in [-0.15, -0.1) is 6.42 Å². The van der Waals surface area contributed by atoms with E-state index < -0.39 is 6.55 Å². The van der Waals surface area contributed by atoms with Gasteiger partial charge in [-0.25, -0.2) is 4.98 Å². The van der Waals surface area contributed by atoms with Crippen molar-refractivity contribution in [3.63, 3.8) is 0 Å². The van der Waals surface area contributed by atoms with E-state index in [0.717, 1.165) is 14.6 Å². The smallest absolute Gasteiger partial charge is 0.319 e. The van der Waals surface area contributed by atoms with Gasteiger partial charge in [-0.2, -0.15) is 8.78 Å². The van der Waals surface area contributed by atoms with Crippen LogP contribution >= 0.6 is 15.9 Å². The largest absolute Gasteiger partial charge is 0.481 e. The zero-order valence-electron chi connectivity index (χ0n) is 11.6. The third-order valence-electron chi connectivity index (χ3n) is 2.89. The fourth-order valence-corrected chi connectivity index (χ4v) is 2.32. The molecule has 0 aliphatic heterocycles. The fraction of sp³-hybridized carbons (Fsp3) is 0.267. The number of nitrogens with zero attached hydrogens (tertiary/aromatic N) is 2. The number of terminal acetylenes is 1. The normalized spacial score (nSPS) is 10.7. The number of halogens is 3. The summed E-state index contributed by atoms with van der Waals surface area (Å²) in [6, 6.07) is 5.54. The molecule has 0 saturated carbocycles. The number of benzene rings is 1. The summed E-state index contributed by atoms with van der Waals surface area (Å²) in [5, 5.41) is 3.07. The molecule has 0 fully saturated rings. The van der Waals surface area contributed by atoms with Crippen LogP contribution < -0.4 is 10.1 Å². The molecular formula is C15H14BrF2N3O. The Kier molecular flexibility index (Phi) is 5.92. The van der Waals surface area contributed by atoms with Crippen LogP contribution in [0.2, 0.25) is 0 Å². The van der Waals surface area contributed by atoms with Crippen LogP contribution in [0.3, 0.4) is 0 Å². The van der Waals surface area contributed by atoms with Gasteiger partial charge >= 0.3 is 6.55 Å². The van der Waals surface area contributed by atoms with Gasteiger partial charge in [-0.3, -0.25) is 4.57 Å². The van der Waals surface area contributed by atoms with Crippen molar-refractivity contribution < 1.29 is 13.5 Å². The minimum Gasteiger partial charge on any atom is -0.481 e. The second-order valence-corrected chi connectivity index (χ2v) is 5.29. The number of ether oxygens (including phenoxy) is 1. The average molecular weight is 370 g/mol. The summed E-state index contributed by atoms with van der Waals surface area (Å²) in [5.41, 5.74) is 0.875. The zero-order chi connectivity index (χ0) is 15.9. The zero-order valence-corrected chi connectivity index (χ0v) is 13.2. The second-order valence-electron chi connectivity index (χ2n) is 4.38. The van der Waals surface area contributed by atoms with Gasteiger partial charge in [-0.05, 0) is 18.2 Å². The van der Waals surface area contributed by atoms with Gasteiger partial charge in [0.05, 0.1) is 6.54 Å². The van der Waals surface area contributed by atoms with E-state index in [4.69, 9.17) is 11.2 Å². The molecule has 7 heteroatoms. The highest BCUT2D eigenvalue weighted by Gasteiger charge is 2.11. The molecule has 0 bridgehead atoms. The molecule has 0 amide bonds. The first-order valence-electron chi connectivity index (χ1n) is 6.47. The molecule has 0 aliphatic carbocycles. The standard InChI is InChI=1S/C15H14BrF2N3O/c1-2-7-22-13-4-3-12(16)8-11(13)9-19-10-14-20-5-6-21(14)15(17)18/h1,3-6,8,15,19H,7,9-10H2. The maximum atomic E-state index is 12.7. The molecule has 0 saturated heterocycles. The lowest BCUT2D eigenvalue weighted by atomic mass is 10.2. The van der Waals surface area contributed by atoms with Crippen LogP contribution in [0.1, 0.15) is 17.9 Å². The van der Waals surface area contributed by atoms with E-state index in [0.29, 0.717) is 12.3 Å². The van der Waals surface area contributed by atoms with Gasteiger partial charge in [0.2, 0.25) is 0 Å². The Bertz CT molecular complexity index is 667. The number of alkyl halides is 2. The van der Waals surface area contributed by atoms with Crippen molar-refractivity contribution in [2.24, 2.45) is 0 Å². The highest BCUT2D eigenvalue weighted by molar-refractivity contribution is 9.10. The monoisotopic (exact) mass is 369 g/mol. The van der Waals surface area contributed by atoms with Crippen LogP contribution in [0.5, 0.6) is 5.75 Å². The van der Waals surface area contributed by atoms with Gasteiger partial charge in [0.25, 0.3) is 0 Å². The molecule has 0 atom stereocenters. The number of hydrogen-bond donors (Lipinski definition) is 1. The Morgan fingerprint density at radius 3 is 2.95 bits per heavy atom. The van der Waals surface area contributed by atoms with Crippen LogP contribution in [-0.4, -0.2) is 16.2 Å². The highest BCUT2D eigenvalue weighted by atomic mass is 79.9. The van der Waals surface area contributed by atoms with Crippen LogP contribution in [0, 0.1) is 12.3 Å². The number of imidazole rings is 1. The van der Waals surface area contributed by atoms with Gasteiger partial charge in [0.15, 0.2) is 0 Å². The van der Waals surface area contributed by atoms with Crippen molar-refractivity contribution in [2.75, 3.05) is 6.61 Å². The average Bonchev–Trinajstić information content (AvgIpc) is 2.95. The fourth-order valence-electron chi connectivity index (χ4n) is 1.91. The summed E-state index contributed by atoms with van der Waals surface area (Å²) in [6.07, 6.45) is 7.79. The third kappa shape index (κ3) is 4.29. The number of rotatable bonds is 7. The number of hydrogen-bond acceptors (Lipinski definition) is 3. The van der Waals surface area contributed by atoms with E-state index in [-0.39, 0.29) is 19.0 Å². The Labute approximate surface area is 135 Å². The summed E-state index contributed by atoms with van der Waals surface area (Å²) < 4.78 is 32.6. The van der Waals surface area contributed by atoms with Crippen molar-refractivity contribution in [3.8, 4) is 18.1 Å². The lowest BCUT2D eigenvalue weighted by Gasteiger charge is -2.12. The van der Waals surface area contributed by atoms with E-state index in [1.807, 2.05) is 12.1 Å². The first-order valence-corrected chi connectivity index (χ1v) is 7.26. The lowest BCUT2D eigenvalue weighted by molar-refractivity contribution is 0.0666. The highest BCUT2D eigenvalue weighted by Crippen LogP contribution is 2.23. The Morgan fingerprint density at radius 2 is 2.23 bits per heavy atom. The molecule has 0 radical (unpaired) electrons. The molecule has 0 spiro atoms. The predicted molar refractivity (Wildman–Crippen MR) is 82.5 cm³/mol. The molecule has 1 N–H and O–H groups in total. The van der Waals surface area contributed by atoms with Gasteiger partial charge < -0.3 is 10.1 Å². The summed E-state index contributed by atoms with van der Waals surface area (Å²) >= 11 is 3.39. The summed E-state index contributed by atoms with van der Waals surface area (Å²) in [5.74, 6) is 3.34. The van der Waals surface area contributed by atoms with Gasteiger partial charge in [0, 0.05) is 29.0 Å². The predicted octanol–water partition coefficient (Wildman–Crippen LogP) is 3.34. The molecule has 2 rings (SSSR count). The van der Waals surface area contributed by atoms with E-state index in [9.17, 15) is 8.78 Å². The first-order chi connectivity index (χ1) is 10.6.